The van der Waals surface area contributed by atoms with Crippen LogP contribution in [0.1, 0.15) is 0 Å². The van der Waals surface area contributed by atoms with Gasteiger partial charge in [0.1, 0.15) is 0 Å². The van der Waals surface area contributed by atoms with Gasteiger partial charge in [0.15, 0.2) is 0 Å². The highest BCUT2D eigenvalue weighted by Crippen LogP contribution is 2.18. The third kappa shape index (κ3) is 2.20. The average Bonchev–Trinajstić information content (AvgIpc) is 2.83. The summed E-state index contributed by atoms with van der Waals surface area (Å²) in [5.74, 6) is 0.671. The molecule has 0 aliphatic rings. The van der Waals surface area contributed by atoms with Gasteiger partial charge in [0.05, 0.1) is 18.2 Å². The Balaban J connectivity index is 2.26. The van der Waals surface area contributed by atoms with Crippen LogP contribution in [0.25, 0.3) is 11.3 Å². The van der Waals surface area contributed by atoms with Crippen LogP contribution in [0.5, 0.6) is 0 Å². The van der Waals surface area contributed by atoms with Crippen LogP contribution >= 0.6 is 0 Å². The number of nitrogens with zero attached hydrogens (tertiary/aromatic N) is 3. The number of hydrogen-bond acceptors (Lipinski definition) is 5. The van der Waals surface area contributed by atoms with Crippen LogP contribution < -0.4 is 10.6 Å². The van der Waals surface area contributed by atoms with Crippen molar-refractivity contribution < 1.29 is 4.42 Å². The molecule has 0 aromatic carbocycles. The first kappa shape index (κ1) is 10.6. The summed E-state index contributed by atoms with van der Waals surface area (Å²) in [5, 5.41) is 0. The van der Waals surface area contributed by atoms with Gasteiger partial charge in [0, 0.05) is 31.9 Å². The summed E-state index contributed by atoms with van der Waals surface area (Å²) in [6.45, 7) is 1.31. The van der Waals surface area contributed by atoms with Crippen molar-refractivity contribution >= 4 is 5.95 Å². The van der Waals surface area contributed by atoms with Crippen molar-refractivity contribution in [1.29, 1.82) is 0 Å². The first-order valence-corrected chi connectivity index (χ1v) is 5.08. The summed E-state index contributed by atoms with van der Waals surface area (Å²) in [7, 11) is 1.92. The van der Waals surface area contributed by atoms with Crippen LogP contribution in [-0.2, 0) is 0 Å². The van der Waals surface area contributed by atoms with E-state index in [2.05, 4.69) is 9.97 Å². The minimum absolute atomic E-state index is 0.579. The predicted molar refractivity (Wildman–Crippen MR) is 62.1 cm³/mol. The topological polar surface area (TPSA) is 68.2 Å². The molecule has 2 rings (SSSR count). The molecule has 2 aromatic heterocycles. The maximum atomic E-state index is 5.49. The Bertz CT molecular complexity index is 441. The molecule has 0 unspecified atom stereocenters. The maximum absolute atomic E-state index is 5.49. The quantitative estimate of drug-likeness (QED) is 0.833. The molecular weight excluding hydrogens is 204 g/mol. The number of rotatable bonds is 4. The van der Waals surface area contributed by atoms with E-state index in [1.54, 1.807) is 18.7 Å². The predicted octanol–water partition coefficient (Wildman–Crippen LogP) is 1.13. The molecule has 0 fully saturated rings. The molecule has 0 atom stereocenters. The van der Waals surface area contributed by atoms with Gasteiger partial charge in [-0.05, 0) is 12.1 Å². The lowest BCUT2D eigenvalue weighted by molar-refractivity contribution is 0.568. The summed E-state index contributed by atoms with van der Waals surface area (Å²) in [4.78, 5) is 10.5. The average molecular weight is 218 g/mol. The van der Waals surface area contributed by atoms with Gasteiger partial charge < -0.3 is 15.1 Å². The van der Waals surface area contributed by atoms with Crippen molar-refractivity contribution in [3.8, 4) is 11.3 Å². The van der Waals surface area contributed by atoms with Gasteiger partial charge in [-0.2, -0.15) is 0 Å². The lowest BCUT2D eigenvalue weighted by Crippen LogP contribution is -2.26. The van der Waals surface area contributed by atoms with Gasteiger partial charge in [0.25, 0.3) is 0 Å². The highest BCUT2D eigenvalue weighted by Gasteiger charge is 2.06. The number of furan rings is 1. The first-order valence-electron chi connectivity index (χ1n) is 5.08. The zero-order valence-electron chi connectivity index (χ0n) is 9.13. The largest absolute Gasteiger partial charge is 0.472 e. The van der Waals surface area contributed by atoms with E-state index in [1.807, 2.05) is 24.1 Å². The number of anilines is 1. The van der Waals surface area contributed by atoms with Crippen LogP contribution in [0.2, 0.25) is 0 Å². The summed E-state index contributed by atoms with van der Waals surface area (Å²) < 4.78 is 5.02. The fourth-order valence-electron chi connectivity index (χ4n) is 1.40. The zero-order valence-corrected chi connectivity index (χ0v) is 9.13. The van der Waals surface area contributed by atoms with Gasteiger partial charge in [0.2, 0.25) is 5.95 Å². The Kier molecular flexibility index (Phi) is 3.16. The second-order valence-electron chi connectivity index (χ2n) is 3.46. The van der Waals surface area contributed by atoms with E-state index in [4.69, 9.17) is 10.2 Å². The Hall–Kier alpha value is -1.88. The fraction of sp³-hybridized carbons (Fsp3) is 0.273. The third-order valence-corrected chi connectivity index (χ3v) is 2.27. The van der Waals surface area contributed by atoms with Crippen LogP contribution in [0.15, 0.2) is 35.3 Å². The standard InChI is InChI=1S/C11H14N4O/c1-15(6-4-12)11-13-5-2-10(14-11)9-3-7-16-8-9/h2-3,5,7-8H,4,6,12H2,1H3. The van der Waals surface area contributed by atoms with Gasteiger partial charge >= 0.3 is 0 Å². The van der Waals surface area contributed by atoms with Gasteiger partial charge in [-0.15, -0.1) is 0 Å². The Morgan fingerprint density at radius 2 is 2.31 bits per heavy atom. The Labute approximate surface area is 93.9 Å². The Morgan fingerprint density at radius 1 is 1.44 bits per heavy atom. The van der Waals surface area contributed by atoms with Gasteiger partial charge in [-0.1, -0.05) is 0 Å². The second kappa shape index (κ2) is 4.76. The number of hydrogen-bond donors (Lipinski definition) is 1. The molecule has 0 saturated carbocycles. The van der Waals surface area contributed by atoms with E-state index < -0.39 is 0 Å². The minimum atomic E-state index is 0.579. The van der Waals surface area contributed by atoms with Crippen molar-refractivity contribution in [1.82, 2.24) is 9.97 Å². The molecule has 0 radical (unpaired) electrons. The summed E-state index contributed by atoms with van der Waals surface area (Å²) in [5.41, 5.74) is 7.29. The highest BCUT2D eigenvalue weighted by atomic mass is 16.3. The molecule has 0 aliphatic heterocycles. The van der Waals surface area contributed by atoms with Crippen molar-refractivity contribution in [2.24, 2.45) is 5.73 Å². The van der Waals surface area contributed by atoms with E-state index in [9.17, 15) is 0 Å². The SMILES string of the molecule is CN(CCN)c1nccc(-c2ccoc2)n1. The lowest BCUT2D eigenvalue weighted by atomic mass is 10.2. The van der Waals surface area contributed by atoms with E-state index in [0.717, 1.165) is 17.8 Å². The molecule has 5 nitrogen and oxygen atoms in total. The molecule has 0 bridgehead atoms. The molecule has 0 aliphatic carbocycles. The molecule has 2 N–H and O–H groups in total. The molecule has 16 heavy (non-hydrogen) atoms. The van der Waals surface area contributed by atoms with Crippen molar-refractivity contribution in [3.63, 3.8) is 0 Å². The monoisotopic (exact) mass is 218 g/mol. The van der Waals surface area contributed by atoms with E-state index in [1.165, 1.54) is 0 Å². The number of aromatic nitrogens is 2. The zero-order chi connectivity index (χ0) is 11.4. The minimum Gasteiger partial charge on any atom is -0.472 e. The summed E-state index contributed by atoms with van der Waals surface area (Å²) >= 11 is 0. The third-order valence-electron chi connectivity index (χ3n) is 2.27. The smallest absolute Gasteiger partial charge is 0.225 e. The summed E-state index contributed by atoms with van der Waals surface area (Å²) in [6, 6.07) is 3.72. The molecule has 0 amide bonds. The molecule has 2 aromatic rings. The number of likely N-dealkylation sites (N-methyl/N-ethyl adjacent to an activating group) is 1. The van der Waals surface area contributed by atoms with Crippen molar-refractivity contribution in [2.45, 2.75) is 0 Å². The van der Waals surface area contributed by atoms with Gasteiger partial charge in [-0.3, -0.25) is 0 Å². The molecule has 0 spiro atoms. The molecule has 2 heterocycles. The molecule has 84 valence electrons. The number of nitrogens with two attached hydrogens (primary N) is 1. The summed E-state index contributed by atoms with van der Waals surface area (Å²) in [6.07, 6.45) is 5.02. The Morgan fingerprint density at radius 3 is 3.00 bits per heavy atom. The van der Waals surface area contributed by atoms with Gasteiger partial charge in [-0.25, -0.2) is 9.97 Å². The first-order chi connectivity index (χ1) is 7.81. The second-order valence-corrected chi connectivity index (χ2v) is 3.46. The van der Waals surface area contributed by atoms with Crippen molar-refractivity contribution in [3.05, 3.63) is 30.9 Å². The normalized spacial score (nSPS) is 10.4. The van der Waals surface area contributed by atoms with Crippen molar-refractivity contribution in [2.75, 3.05) is 25.0 Å². The van der Waals surface area contributed by atoms with Crippen LogP contribution in [0, 0.1) is 0 Å². The fourth-order valence-corrected chi connectivity index (χ4v) is 1.40. The molecule has 5 heteroatoms. The van der Waals surface area contributed by atoms with E-state index in [0.29, 0.717) is 12.5 Å². The van der Waals surface area contributed by atoms with E-state index in [-0.39, 0.29) is 0 Å². The van der Waals surface area contributed by atoms with Crippen LogP contribution in [0.4, 0.5) is 5.95 Å². The molecule has 0 saturated heterocycles. The van der Waals surface area contributed by atoms with E-state index >= 15 is 0 Å². The van der Waals surface area contributed by atoms with Crippen LogP contribution in [-0.4, -0.2) is 30.1 Å². The lowest BCUT2D eigenvalue weighted by Gasteiger charge is -2.15. The van der Waals surface area contributed by atoms with Crippen LogP contribution in [0.3, 0.4) is 0 Å². The maximum Gasteiger partial charge on any atom is 0.225 e. The highest BCUT2D eigenvalue weighted by molar-refractivity contribution is 5.58. The molecular formula is C11H14N4O.